The van der Waals surface area contributed by atoms with Gasteiger partial charge < -0.3 is 10.6 Å². The molecular formula is C17H20N4O. The maximum atomic E-state index is 12.5. The summed E-state index contributed by atoms with van der Waals surface area (Å²) in [4.78, 5) is 12.5. The van der Waals surface area contributed by atoms with Crippen LogP contribution in [0.5, 0.6) is 0 Å². The van der Waals surface area contributed by atoms with Gasteiger partial charge in [-0.05, 0) is 5.56 Å². The fourth-order valence-electron chi connectivity index (χ4n) is 2.74. The summed E-state index contributed by atoms with van der Waals surface area (Å²) in [5.41, 5.74) is 3.76. The van der Waals surface area contributed by atoms with Crippen molar-refractivity contribution in [2.75, 3.05) is 6.54 Å². The molecule has 2 aromatic rings. The van der Waals surface area contributed by atoms with Crippen molar-refractivity contribution in [2.45, 2.75) is 26.1 Å². The van der Waals surface area contributed by atoms with Crippen LogP contribution in [0, 0.1) is 0 Å². The van der Waals surface area contributed by atoms with Crippen LogP contribution in [0.2, 0.25) is 0 Å². The number of nitrogens with zero attached hydrogens (tertiary/aromatic N) is 2. The van der Waals surface area contributed by atoms with Gasteiger partial charge in [0.05, 0.1) is 6.54 Å². The van der Waals surface area contributed by atoms with Crippen LogP contribution in [0.25, 0.3) is 0 Å². The predicted molar refractivity (Wildman–Crippen MR) is 85.4 cm³/mol. The molecule has 1 aromatic heterocycles. The number of allylic oxidation sites excluding steroid dienone is 1. The van der Waals surface area contributed by atoms with Gasteiger partial charge in [0.2, 0.25) is 0 Å². The Morgan fingerprint density at radius 3 is 3.00 bits per heavy atom. The number of benzene rings is 1. The van der Waals surface area contributed by atoms with Crippen LogP contribution < -0.4 is 10.6 Å². The number of hydrogen-bond donors (Lipinski definition) is 2. The Morgan fingerprint density at radius 2 is 2.23 bits per heavy atom. The third kappa shape index (κ3) is 2.94. The SMILES string of the molecule is C=CCn1nc(C(=O)NCc2ccccc2)c2c1CCNC2. The number of rotatable bonds is 5. The largest absolute Gasteiger partial charge is 0.347 e. The molecule has 0 saturated carbocycles. The Balaban J connectivity index is 1.78. The number of fused-ring (bicyclic) bond motifs is 1. The van der Waals surface area contributed by atoms with Gasteiger partial charge in [-0.3, -0.25) is 9.48 Å². The summed E-state index contributed by atoms with van der Waals surface area (Å²) in [6.07, 6.45) is 2.70. The number of nitrogens with one attached hydrogen (secondary N) is 2. The number of amides is 1. The van der Waals surface area contributed by atoms with Gasteiger partial charge >= 0.3 is 0 Å². The average Bonchev–Trinajstić information content (AvgIpc) is 2.93. The van der Waals surface area contributed by atoms with E-state index in [9.17, 15) is 4.79 Å². The lowest BCUT2D eigenvalue weighted by molar-refractivity contribution is 0.0944. The first-order valence-electron chi connectivity index (χ1n) is 7.52. The van der Waals surface area contributed by atoms with Crippen LogP contribution in [-0.4, -0.2) is 22.2 Å². The van der Waals surface area contributed by atoms with Crippen molar-refractivity contribution in [3.63, 3.8) is 0 Å². The van der Waals surface area contributed by atoms with Gasteiger partial charge in [-0.25, -0.2) is 0 Å². The summed E-state index contributed by atoms with van der Waals surface area (Å²) in [7, 11) is 0. The van der Waals surface area contributed by atoms with E-state index in [1.54, 1.807) is 6.08 Å². The highest BCUT2D eigenvalue weighted by Gasteiger charge is 2.24. The number of aromatic nitrogens is 2. The molecular weight excluding hydrogens is 276 g/mol. The Hall–Kier alpha value is -2.40. The second-order valence-corrected chi connectivity index (χ2v) is 5.34. The Morgan fingerprint density at radius 1 is 1.41 bits per heavy atom. The van der Waals surface area contributed by atoms with E-state index in [1.807, 2.05) is 35.0 Å². The normalized spacial score (nSPS) is 13.5. The second kappa shape index (κ2) is 6.58. The molecule has 22 heavy (non-hydrogen) atoms. The Kier molecular flexibility index (Phi) is 4.34. The summed E-state index contributed by atoms with van der Waals surface area (Å²) in [6, 6.07) is 9.88. The summed E-state index contributed by atoms with van der Waals surface area (Å²) >= 11 is 0. The standard InChI is InChI=1S/C17H20N4O/c1-2-10-21-15-8-9-18-12-14(15)16(20-21)17(22)19-11-13-6-4-3-5-7-13/h2-7,18H,1,8-12H2,(H,19,22). The lowest BCUT2D eigenvalue weighted by Gasteiger charge is -2.15. The highest BCUT2D eigenvalue weighted by atomic mass is 16.1. The summed E-state index contributed by atoms with van der Waals surface area (Å²) in [5, 5.41) is 10.7. The highest BCUT2D eigenvalue weighted by Crippen LogP contribution is 2.18. The number of carbonyl (C=O) groups excluding carboxylic acids is 1. The lowest BCUT2D eigenvalue weighted by atomic mass is 10.1. The summed E-state index contributed by atoms with van der Waals surface area (Å²) in [5.74, 6) is -0.119. The molecule has 0 bridgehead atoms. The van der Waals surface area contributed by atoms with Gasteiger partial charge in [0.15, 0.2) is 5.69 Å². The first-order valence-corrected chi connectivity index (χ1v) is 7.52. The fraction of sp³-hybridized carbons (Fsp3) is 0.294. The molecule has 0 radical (unpaired) electrons. The molecule has 0 atom stereocenters. The van der Waals surface area contributed by atoms with Gasteiger partial charge in [0, 0.05) is 37.3 Å². The number of hydrogen-bond acceptors (Lipinski definition) is 3. The smallest absolute Gasteiger partial charge is 0.272 e. The minimum atomic E-state index is -0.119. The van der Waals surface area contributed by atoms with Crippen LogP contribution in [0.1, 0.15) is 27.3 Å². The molecule has 0 unspecified atom stereocenters. The minimum absolute atomic E-state index is 0.119. The van der Waals surface area contributed by atoms with E-state index >= 15 is 0 Å². The maximum absolute atomic E-state index is 12.5. The van der Waals surface area contributed by atoms with Crippen LogP contribution in [-0.2, 0) is 26.1 Å². The third-order valence-corrected chi connectivity index (χ3v) is 3.82. The van der Waals surface area contributed by atoms with Crippen molar-refractivity contribution in [1.82, 2.24) is 20.4 Å². The summed E-state index contributed by atoms with van der Waals surface area (Å²) in [6.45, 7) is 6.51. The monoisotopic (exact) mass is 296 g/mol. The van der Waals surface area contributed by atoms with E-state index in [4.69, 9.17) is 0 Å². The zero-order valence-electron chi connectivity index (χ0n) is 12.5. The highest BCUT2D eigenvalue weighted by molar-refractivity contribution is 5.94. The fourth-order valence-corrected chi connectivity index (χ4v) is 2.74. The van der Waals surface area contributed by atoms with E-state index in [2.05, 4.69) is 22.3 Å². The van der Waals surface area contributed by atoms with E-state index in [0.29, 0.717) is 25.3 Å². The first kappa shape index (κ1) is 14.5. The topological polar surface area (TPSA) is 59.0 Å². The van der Waals surface area contributed by atoms with Crippen molar-refractivity contribution in [2.24, 2.45) is 0 Å². The Bertz CT molecular complexity index is 675. The quantitative estimate of drug-likeness (QED) is 0.825. The minimum Gasteiger partial charge on any atom is -0.347 e. The molecule has 5 nitrogen and oxygen atoms in total. The van der Waals surface area contributed by atoms with Crippen molar-refractivity contribution < 1.29 is 4.79 Å². The molecule has 2 N–H and O–H groups in total. The van der Waals surface area contributed by atoms with Crippen LogP contribution in [0.4, 0.5) is 0 Å². The van der Waals surface area contributed by atoms with Crippen molar-refractivity contribution >= 4 is 5.91 Å². The van der Waals surface area contributed by atoms with Gasteiger partial charge in [-0.2, -0.15) is 5.10 Å². The lowest BCUT2D eigenvalue weighted by Crippen LogP contribution is -2.28. The van der Waals surface area contributed by atoms with Gasteiger partial charge in [-0.15, -0.1) is 6.58 Å². The van der Waals surface area contributed by atoms with Crippen molar-refractivity contribution in [1.29, 1.82) is 0 Å². The van der Waals surface area contributed by atoms with Gasteiger partial charge in [0.1, 0.15) is 0 Å². The molecule has 1 aromatic carbocycles. The second-order valence-electron chi connectivity index (χ2n) is 5.34. The molecule has 0 aliphatic carbocycles. The molecule has 5 heteroatoms. The van der Waals surface area contributed by atoms with Crippen LogP contribution >= 0.6 is 0 Å². The van der Waals surface area contributed by atoms with E-state index in [1.165, 1.54) is 0 Å². The van der Waals surface area contributed by atoms with Crippen molar-refractivity contribution in [3.8, 4) is 0 Å². The maximum Gasteiger partial charge on any atom is 0.272 e. The zero-order valence-corrected chi connectivity index (χ0v) is 12.5. The molecule has 2 heterocycles. The van der Waals surface area contributed by atoms with Crippen molar-refractivity contribution in [3.05, 3.63) is 65.5 Å². The zero-order chi connectivity index (χ0) is 15.4. The molecule has 1 amide bonds. The molecule has 3 rings (SSSR count). The van der Waals surface area contributed by atoms with Crippen LogP contribution in [0.15, 0.2) is 43.0 Å². The Labute approximate surface area is 130 Å². The third-order valence-electron chi connectivity index (χ3n) is 3.82. The molecule has 1 aliphatic rings. The molecule has 0 saturated heterocycles. The van der Waals surface area contributed by atoms with E-state index in [0.717, 1.165) is 29.8 Å². The predicted octanol–water partition coefficient (Wildman–Crippen LogP) is 1.64. The van der Waals surface area contributed by atoms with E-state index < -0.39 is 0 Å². The molecule has 114 valence electrons. The van der Waals surface area contributed by atoms with Gasteiger partial charge in [-0.1, -0.05) is 36.4 Å². The molecule has 1 aliphatic heterocycles. The van der Waals surface area contributed by atoms with E-state index in [-0.39, 0.29) is 5.91 Å². The van der Waals surface area contributed by atoms with Gasteiger partial charge in [0.25, 0.3) is 5.91 Å². The average molecular weight is 296 g/mol. The summed E-state index contributed by atoms with van der Waals surface area (Å²) < 4.78 is 1.89. The van der Waals surface area contributed by atoms with Crippen LogP contribution in [0.3, 0.4) is 0 Å². The number of carbonyl (C=O) groups is 1. The molecule has 0 fully saturated rings. The molecule has 0 spiro atoms. The first-order chi connectivity index (χ1) is 10.8.